The average molecular weight is 383 g/mol. The van der Waals surface area contributed by atoms with Gasteiger partial charge in [-0.2, -0.15) is 0 Å². The highest BCUT2D eigenvalue weighted by Crippen LogP contribution is 2.46. The summed E-state index contributed by atoms with van der Waals surface area (Å²) in [5.41, 5.74) is 2.76. The molecule has 0 bridgehead atoms. The summed E-state index contributed by atoms with van der Waals surface area (Å²) in [5.74, 6) is 0.430. The van der Waals surface area contributed by atoms with E-state index in [-0.39, 0.29) is 11.7 Å². The number of halogens is 1. The monoisotopic (exact) mass is 383 g/mol. The van der Waals surface area contributed by atoms with E-state index < -0.39 is 15.1 Å². The summed E-state index contributed by atoms with van der Waals surface area (Å²) in [6.45, 7) is 1.79. The molecule has 138 valence electrons. The van der Waals surface area contributed by atoms with Crippen LogP contribution >= 0.6 is 0 Å². The average Bonchev–Trinajstić information content (AvgIpc) is 3.36. The van der Waals surface area contributed by atoms with Gasteiger partial charge in [0.15, 0.2) is 9.84 Å². The number of sulfone groups is 1. The molecule has 1 aromatic heterocycles. The molecule has 27 heavy (non-hydrogen) atoms. The van der Waals surface area contributed by atoms with Gasteiger partial charge in [0.2, 0.25) is 0 Å². The fraction of sp³-hybridized carbons (Fsp3) is 0.238. The third-order valence-corrected chi connectivity index (χ3v) is 7.84. The molecule has 0 spiro atoms. The highest BCUT2D eigenvalue weighted by atomic mass is 32.2. The van der Waals surface area contributed by atoms with Crippen molar-refractivity contribution in [2.75, 3.05) is 13.1 Å². The molecule has 3 aromatic rings. The maximum absolute atomic E-state index is 13.1. The molecule has 6 heteroatoms. The molecular weight excluding hydrogens is 365 g/mol. The molecule has 0 saturated carbocycles. The van der Waals surface area contributed by atoms with E-state index in [9.17, 15) is 12.8 Å². The normalized spacial score (nSPS) is 23.3. The van der Waals surface area contributed by atoms with Crippen LogP contribution in [0.3, 0.4) is 0 Å². The topological polar surface area (TPSA) is 50.5 Å². The molecule has 0 unspecified atom stereocenters. The standard InChI is InChI=1S/C21H18FNO3S/c22-16-6-3-14(4-7-16)11-23-12-18-17-10-15(19-2-1-9-26-19)5-8-20(17)27(24,25)21(18)13-23/h1-10,18,21H,11-13H2/t18-,21-/m1/s1. The first-order chi connectivity index (χ1) is 13.0. The van der Waals surface area contributed by atoms with Crippen LogP contribution in [0.5, 0.6) is 0 Å². The molecular formula is C21H18FNO3S. The number of hydrogen-bond acceptors (Lipinski definition) is 4. The number of furan rings is 1. The minimum absolute atomic E-state index is 0.0413. The van der Waals surface area contributed by atoms with Gasteiger partial charge in [0.25, 0.3) is 0 Å². The van der Waals surface area contributed by atoms with E-state index in [1.54, 1.807) is 24.5 Å². The number of benzene rings is 2. The molecule has 2 aliphatic heterocycles. The van der Waals surface area contributed by atoms with E-state index in [1.807, 2.05) is 24.3 Å². The summed E-state index contributed by atoms with van der Waals surface area (Å²) in [7, 11) is -3.33. The molecule has 0 amide bonds. The summed E-state index contributed by atoms with van der Waals surface area (Å²) < 4.78 is 44.6. The first-order valence-electron chi connectivity index (χ1n) is 8.91. The summed E-state index contributed by atoms with van der Waals surface area (Å²) in [6, 6.07) is 15.6. The van der Waals surface area contributed by atoms with Gasteiger partial charge in [-0.05, 0) is 53.6 Å². The Balaban J connectivity index is 1.46. The Kier molecular flexibility index (Phi) is 3.74. The molecule has 5 rings (SSSR count). The van der Waals surface area contributed by atoms with Gasteiger partial charge in [-0.15, -0.1) is 0 Å². The molecule has 1 saturated heterocycles. The molecule has 2 aromatic carbocycles. The van der Waals surface area contributed by atoms with Crippen LogP contribution in [-0.2, 0) is 16.4 Å². The van der Waals surface area contributed by atoms with Gasteiger partial charge >= 0.3 is 0 Å². The molecule has 3 heterocycles. The number of likely N-dealkylation sites (tertiary alicyclic amines) is 1. The van der Waals surface area contributed by atoms with Crippen molar-refractivity contribution < 1.29 is 17.2 Å². The Labute approximate surface area is 157 Å². The van der Waals surface area contributed by atoms with E-state index in [1.165, 1.54) is 12.1 Å². The van der Waals surface area contributed by atoms with Crippen molar-refractivity contribution in [3.8, 4) is 11.3 Å². The first kappa shape index (κ1) is 16.7. The van der Waals surface area contributed by atoms with Crippen LogP contribution in [0, 0.1) is 5.82 Å². The lowest BCUT2D eigenvalue weighted by Gasteiger charge is -2.17. The molecule has 1 fully saturated rings. The second-order valence-electron chi connectivity index (χ2n) is 7.24. The predicted octanol–water partition coefficient (Wildman–Crippen LogP) is 3.84. The maximum Gasteiger partial charge on any atom is 0.183 e. The van der Waals surface area contributed by atoms with Gasteiger partial charge in [-0.1, -0.05) is 12.1 Å². The van der Waals surface area contributed by atoms with Crippen LogP contribution in [0.2, 0.25) is 0 Å². The Bertz CT molecular complexity index is 1090. The van der Waals surface area contributed by atoms with Gasteiger partial charge in [0.1, 0.15) is 11.6 Å². The highest BCUT2D eigenvalue weighted by Gasteiger charge is 2.50. The Morgan fingerprint density at radius 3 is 2.63 bits per heavy atom. The second-order valence-corrected chi connectivity index (χ2v) is 9.38. The zero-order chi connectivity index (χ0) is 18.6. The van der Waals surface area contributed by atoms with Crippen molar-refractivity contribution >= 4 is 9.84 Å². The SMILES string of the molecule is O=S1(=O)c2ccc(-c3ccco3)cc2[C@H]2CN(Cc3ccc(F)cc3)C[C@H]21. The van der Waals surface area contributed by atoms with E-state index in [2.05, 4.69) is 4.90 Å². The minimum Gasteiger partial charge on any atom is -0.464 e. The number of rotatable bonds is 3. The smallest absolute Gasteiger partial charge is 0.183 e. The Morgan fingerprint density at radius 2 is 1.89 bits per heavy atom. The predicted molar refractivity (Wildman–Crippen MR) is 99.5 cm³/mol. The Morgan fingerprint density at radius 1 is 1.07 bits per heavy atom. The Hall–Kier alpha value is -2.44. The number of fused-ring (bicyclic) bond motifs is 3. The summed E-state index contributed by atoms with van der Waals surface area (Å²) >= 11 is 0. The van der Waals surface area contributed by atoms with Crippen molar-refractivity contribution in [2.45, 2.75) is 22.6 Å². The van der Waals surface area contributed by atoms with Gasteiger partial charge in [-0.25, -0.2) is 12.8 Å². The highest BCUT2D eigenvalue weighted by molar-refractivity contribution is 7.92. The summed E-state index contributed by atoms with van der Waals surface area (Å²) in [6.07, 6.45) is 1.61. The van der Waals surface area contributed by atoms with Crippen molar-refractivity contribution in [2.24, 2.45) is 0 Å². The summed E-state index contributed by atoms with van der Waals surface area (Å²) in [4.78, 5) is 2.59. The van der Waals surface area contributed by atoms with Crippen LogP contribution in [0.25, 0.3) is 11.3 Å². The molecule has 4 nitrogen and oxygen atoms in total. The van der Waals surface area contributed by atoms with Crippen molar-refractivity contribution in [1.29, 1.82) is 0 Å². The quantitative estimate of drug-likeness (QED) is 0.690. The fourth-order valence-corrected chi connectivity index (χ4v) is 6.49. The van der Waals surface area contributed by atoms with Crippen LogP contribution < -0.4 is 0 Å². The van der Waals surface area contributed by atoms with Crippen molar-refractivity contribution in [3.63, 3.8) is 0 Å². The van der Waals surface area contributed by atoms with Gasteiger partial charge in [0, 0.05) is 31.1 Å². The van der Waals surface area contributed by atoms with Gasteiger partial charge < -0.3 is 4.42 Å². The van der Waals surface area contributed by atoms with Crippen LogP contribution in [0.15, 0.2) is 70.2 Å². The van der Waals surface area contributed by atoms with Gasteiger partial charge in [0.05, 0.1) is 16.4 Å². The lowest BCUT2D eigenvalue weighted by atomic mass is 9.96. The molecule has 0 N–H and O–H groups in total. The van der Waals surface area contributed by atoms with E-state index in [0.717, 1.165) is 22.5 Å². The van der Waals surface area contributed by atoms with E-state index >= 15 is 0 Å². The number of hydrogen-bond donors (Lipinski definition) is 0. The van der Waals surface area contributed by atoms with Crippen molar-refractivity contribution in [3.05, 3.63) is 77.8 Å². The third-order valence-electron chi connectivity index (χ3n) is 5.58. The molecule has 2 atom stereocenters. The molecule has 0 aliphatic carbocycles. The summed E-state index contributed by atoms with van der Waals surface area (Å²) in [5, 5.41) is -0.417. The van der Waals surface area contributed by atoms with E-state index in [0.29, 0.717) is 24.5 Å². The third kappa shape index (κ3) is 2.71. The van der Waals surface area contributed by atoms with Crippen molar-refractivity contribution in [1.82, 2.24) is 4.90 Å². The first-order valence-corrected chi connectivity index (χ1v) is 10.5. The zero-order valence-corrected chi connectivity index (χ0v) is 15.3. The van der Waals surface area contributed by atoms with Gasteiger partial charge in [-0.3, -0.25) is 4.90 Å². The maximum atomic E-state index is 13.1. The zero-order valence-electron chi connectivity index (χ0n) is 14.5. The van der Waals surface area contributed by atoms with Crippen LogP contribution in [0.1, 0.15) is 17.0 Å². The van der Waals surface area contributed by atoms with E-state index in [4.69, 9.17) is 4.42 Å². The second kappa shape index (κ2) is 6.04. The molecule has 0 radical (unpaired) electrons. The van der Waals surface area contributed by atoms with Crippen LogP contribution in [0.4, 0.5) is 4.39 Å². The number of nitrogens with zero attached hydrogens (tertiary/aromatic N) is 1. The minimum atomic E-state index is -3.33. The van der Waals surface area contributed by atoms with Crippen LogP contribution in [-0.4, -0.2) is 31.7 Å². The largest absolute Gasteiger partial charge is 0.464 e. The lowest BCUT2D eigenvalue weighted by Crippen LogP contribution is -2.25. The molecule has 2 aliphatic rings. The lowest BCUT2D eigenvalue weighted by molar-refractivity contribution is 0.325. The fourth-order valence-electron chi connectivity index (χ4n) is 4.30.